The number of anilines is 2. The molecule has 1 aliphatic carbocycles. The third-order valence-electron chi connectivity index (χ3n) is 3.60. The van der Waals surface area contributed by atoms with Crippen molar-refractivity contribution < 1.29 is 4.74 Å². The van der Waals surface area contributed by atoms with Gasteiger partial charge >= 0.3 is 0 Å². The zero-order valence-corrected chi connectivity index (χ0v) is 12.1. The molecule has 1 fully saturated rings. The fourth-order valence-corrected chi connectivity index (χ4v) is 2.22. The van der Waals surface area contributed by atoms with E-state index in [-0.39, 0.29) is 0 Å². The van der Waals surface area contributed by atoms with Crippen molar-refractivity contribution in [2.24, 2.45) is 5.92 Å². The predicted octanol–water partition coefficient (Wildman–Crippen LogP) is 2.29. The highest BCUT2D eigenvalue weighted by Crippen LogP contribution is 2.28. The lowest BCUT2D eigenvalue weighted by atomic mass is 9.85. The maximum atomic E-state index is 5.40. The first kappa shape index (κ1) is 14.1. The summed E-state index contributed by atoms with van der Waals surface area (Å²) < 4.78 is 5.40. The van der Waals surface area contributed by atoms with E-state index >= 15 is 0 Å². The van der Waals surface area contributed by atoms with Crippen LogP contribution in [0.25, 0.3) is 0 Å². The molecule has 2 rings (SSSR count). The van der Waals surface area contributed by atoms with Crippen molar-refractivity contribution >= 4 is 11.6 Å². The molecule has 1 aromatic rings. The molecular weight excluding hydrogens is 240 g/mol. The third kappa shape index (κ3) is 3.80. The van der Waals surface area contributed by atoms with Gasteiger partial charge in [-0.05, 0) is 25.7 Å². The van der Waals surface area contributed by atoms with Crippen LogP contribution in [-0.2, 0) is 11.3 Å². The Labute approximate surface area is 115 Å². The van der Waals surface area contributed by atoms with Crippen LogP contribution in [0, 0.1) is 5.92 Å². The molecule has 5 heteroatoms. The summed E-state index contributed by atoms with van der Waals surface area (Å²) in [4.78, 5) is 11.2. The summed E-state index contributed by atoms with van der Waals surface area (Å²) >= 11 is 0. The molecule has 0 bridgehead atoms. The summed E-state index contributed by atoms with van der Waals surface area (Å²) in [6, 6.07) is 1.99. The number of nitrogens with zero attached hydrogens (tertiary/aromatic N) is 3. The van der Waals surface area contributed by atoms with Crippen LogP contribution in [0.1, 0.15) is 32.0 Å². The topological polar surface area (TPSA) is 50.3 Å². The minimum atomic E-state index is 0.469. The van der Waals surface area contributed by atoms with Gasteiger partial charge in [0.1, 0.15) is 18.2 Å². The molecule has 0 aromatic carbocycles. The zero-order chi connectivity index (χ0) is 13.7. The van der Waals surface area contributed by atoms with Crippen LogP contribution in [0.3, 0.4) is 0 Å². The van der Waals surface area contributed by atoms with Gasteiger partial charge in [-0.15, -0.1) is 0 Å². The monoisotopic (exact) mass is 264 g/mol. The van der Waals surface area contributed by atoms with E-state index in [0.717, 1.165) is 29.9 Å². The summed E-state index contributed by atoms with van der Waals surface area (Å²) in [5.74, 6) is 3.39. The van der Waals surface area contributed by atoms with Crippen LogP contribution in [-0.4, -0.2) is 37.2 Å². The van der Waals surface area contributed by atoms with Gasteiger partial charge in [0.25, 0.3) is 0 Å². The first-order valence-corrected chi connectivity index (χ1v) is 7.07. The molecule has 0 unspecified atom stereocenters. The molecule has 1 N–H and O–H groups in total. The molecule has 0 saturated heterocycles. The highest BCUT2D eigenvalue weighted by atomic mass is 16.5. The van der Waals surface area contributed by atoms with Crippen molar-refractivity contribution in [2.75, 3.05) is 37.5 Å². The van der Waals surface area contributed by atoms with Crippen LogP contribution in [0.2, 0.25) is 0 Å². The lowest BCUT2D eigenvalue weighted by molar-refractivity contribution is 0.128. The van der Waals surface area contributed by atoms with Crippen molar-refractivity contribution in [3.8, 4) is 0 Å². The maximum absolute atomic E-state index is 5.40. The van der Waals surface area contributed by atoms with Crippen LogP contribution in [0.5, 0.6) is 0 Å². The Kier molecular flexibility index (Phi) is 4.96. The fraction of sp³-hybridized carbons (Fsp3) is 0.714. The average molecular weight is 264 g/mol. The van der Waals surface area contributed by atoms with E-state index in [0.29, 0.717) is 13.2 Å². The Morgan fingerprint density at radius 3 is 2.79 bits per heavy atom. The zero-order valence-electron chi connectivity index (χ0n) is 12.1. The highest BCUT2D eigenvalue weighted by molar-refractivity contribution is 5.48. The Morgan fingerprint density at radius 1 is 1.42 bits per heavy atom. The van der Waals surface area contributed by atoms with Gasteiger partial charge in [-0.3, -0.25) is 0 Å². The van der Waals surface area contributed by atoms with Gasteiger partial charge in [0.05, 0.1) is 0 Å². The summed E-state index contributed by atoms with van der Waals surface area (Å²) in [7, 11) is 3.98. The Bertz CT molecular complexity index is 406. The van der Waals surface area contributed by atoms with E-state index < -0.39 is 0 Å². The number of aromatic nitrogens is 2. The lowest BCUT2D eigenvalue weighted by Gasteiger charge is -2.30. The molecule has 1 aliphatic rings. The first-order chi connectivity index (χ1) is 9.22. The molecule has 0 spiro atoms. The van der Waals surface area contributed by atoms with Crippen molar-refractivity contribution in [2.45, 2.75) is 32.8 Å². The smallest absolute Gasteiger partial charge is 0.158 e. The molecule has 106 valence electrons. The van der Waals surface area contributed by atoms with Gasteiger partial charge in [-0.1, -0.05) is 6.42 Å². The summed E-state index contributed by atoms with van der Waals surface area (Å²) in [6.07, 6.45) is 4.07. The van der Waals surface area contributed by atoms with Crippen LogP contribution in [0.15, 0.2) is 6.07 Å². The number of hydrogen-bond donors (Lipinski definition) is 1. The normalized spacial score (nSPS) is 15.1. The quantitative estimate of drug-likeness (QED) is 0.819. The summed E-state index contributed by atoms with van der Waals surface area (Å²) in [6.45, 7) is 4.20. The van der Waals surface area contributed by atoms with E-state index in [1.165, 1.54) is 19.3 Å². The first-order valence-electron chi connectivity index (χ1n) is 7.07. The molecule has 0 radical (unpaired) electrons. The fourth-order valence-electron chi connectivity index (χ4n) is 2.22. The Hall–Kier alpha value is -1.36. The maximum Gasteiger partial charge on any atom is 0.158 e. The second-order valence-electron chi connectivity index (χ2n) is 5.09. The molecule has 0 amide bonds. The SMILES string of the molecule is CCOCc1nc(NC)cc(N(C)CC2CCC2)n1. The molecular formula is C14H24N4O. The van der Waals surface area contributed by atoms with E-state index in [2.05, 4.69) is 27.2 Å². The molecule has 0 atom stereocenters. The second-order valence-corrected chi connectivity index (χ2v) is 5.09. The number of nitrogens with one attached hydrogen (secondary N) is 1. The van der Waals surface area contributed by atoms with Crippen LogP contribution in [0.4, 0.5) is 11.6 Å². The second kappa shape index (κ2) is 6.70. The Morgan fingerprint density at radius 2 is 2.21 bits per heavy atom. The molecule has 1 aromatic heterocycles. The van der Waals surface area contributed by atoms with Gasteiger partial charge in [0, 0.05) is 33.3 Å². The van der Waals surface area contributed by atoms with Crippen molar-refractivity contribution in [3.63, 3.8) is 0 Å². The minimum absolute atomic E-state index is 0.469. The van der Waals surface area contributed by atoms with E-state index in [9.17, 15) is 0 Å². The van der Waals surface area contributed by atoms with E-state index in [1.807, 2.05) is 20.0 Å². The van der Waals surface area contributed by atoms with E-state index in [4.69, 9.17) is 4.74 Å². The standard InChI is InChI=1S/C14H24N4O/c1-4-19-10-13-16-12(15-2)8-14(17-13)18(3)9-11-6-5-7-11/h8,11H,4-7,9-10H2,1-3H3,(H,15,16,17). The summed E-state index contributed by atoms with van der Waals surface area (Å²) in [5.41, 5.74) is 0. The Balaban J connectivity index is 2.07. The largest absolute Gasteiger partial charge is 0.374 e. The molecule has 1 saturated carbocycles. The van der Waals surface area contributed by atoms with Gasteiger partial charge in [-0.25, -0.2) is 9.97 Å². The van der Waals surface area contributed by atoms with Gasteiger partial charge in [-0.2, -0.15) is 0 Å². The molecule has 1 heterocycles. The summed E-state index contributed by atoms with van der Waals surface area (Å²) in [5, 5.41) is 3.09. The number of hydrogen-bond acceptors (Lipinski definition) is 5. The third-order valence-corrected chi connectivity index (χ3v) is 3.60. The predicted molar refractivity (Wildman–Crippen MR) is 77.5 cm³/mol. The van der Waals surface area contributed by atoms with Gasteiger partial charge in [0.2, 0.25) is 0 Å². The average Bonchev–Trinajstić information content (AvgIpc) is 2.39. The molecule has 19 heavy (non-hydrogen) atoms. The molecule has 5 nitrogen and oxygen atoms in total. The lowest BCUT2D eigenvalue weighted by Crippen LogP contribution is -2.30. The number of ether oxygens (including phenoxy) is 1. The van der Waals surface area contributed by atoms with Gasteiger partial charge < -0.3 is 15.0 Å². The van der Waals surface area contributed by atoms with E-state index in [1.54, 1.807) is 0 Å². The molecule has 0 aliphatic heterocycles. The van der Waals surface area contributed by atoms with Crippen molar-refractivity contribution in [1.82, 2.24) is 9.97 Å². The van der Waals surface area contributed by atoms with Crippen molar-refractivity contribution in [3.05, 3.63) is 11.9 Å². The van der Waals surface area contributed by atoms with Crippen LogP contribution >= 0.6 is 0 Å². The van der Waals surface area contributed by atoms with Crippen molar-refractivity contribution in [1.29, 1.82) is 0 Å². The van der Waals surface area contributed by atoms with Crippen LogP contribution < -0.4 is 10.2 Å². The minimum Gasteiger partial charge on any atom is -0.374 e. The van der Waals surface area contributed by atoms with Gasteiger partial charge in [0.15, 0.2) is 5.82 Å². The number of rotatable bonds is 7. The highest BCUT2D eigenvalue weighted by Gasteiger charge is 2.20.